The van der Waals surface area contributed by atoms with Crippen LogP contribution in [0.2, 0.25) is 5.02 Å². The quantitative estimate of drug-likeness (QED) is 0.835. The zero-order chi connectivity index (χ0) is 15.8. The van der Waals surface area contributed by atoms with Gasteiger partial charge in [0, 0.05) is 36.1 Å². The maximum atomic E-state index is 11.9. The Bertz CT molecular complexity index is 493. The molecule has 1 aliphatic heterocycles. The summed E-state index contributed by atoms with van der Waals surface area (Å²) in [7, 11) is 0. The monoisotopic (exact) mass is 342 g/mol. The third-order valence-corrected chi connectivity index (χ3v) is 5.83. The van der Waals surface area contributed by atoms with E-state index in [-0.39, 0.29) is 10.8 Å². The van der Waals surface area contributed by atoms with Crippen LogP contribution in [0.5, 0.6) is 0 Å². The first-order chi connectivity index (χ1) is 10.7. The van der Waals surface area contributed by atoms with Crippen molar-refractivity contribution in [2.75, 3.05) is 32.6 Å². The number of amides is 2. The fraction of sp³-hybridized carbons (Fsp3) is 0.562. The van der Waals surface area contributed by atoms with E-state index in [1.807, 2.05) is 36.0 Å². The van der Waals surface area contributed by atoms with E-state index in [1.165, 1.54) is 0 Å². The van der Waals surface area contributed by atoms with Gasteiger partial charge in [-0.25, -0.2) is 4.79 Å². The van der Waals surface area contributed by atoms with Crippen molar-refractivity contribution in [1.29, 1.82) is 0 Å². The minimum Gasteiger partial charge on any atom is -0.381 e. The number of urea groups is 1. The fourth-order valence-electron chi connectivity index (χ4n) is 2.51. The SMILES string of the molecule is CSC1(CNC(=O)NCCc2ccccc2Cl)CCOCC1. The maximum absolute atomic E-state index is 11.9. The Morgan fingerprint density at radius 2 is 2.05 bits per heavy atom. The summed E-state index contributed by atoms with van der Waals surface area (Å²) in [5.74, 6) is 0. The third-order valence-electron chi connectivity index (χ3n) is 4.05. The van der Waals surface area contributed by atoms with E-state index >= 15 is 0 Å². The summed E-state index contributed by atoms with van der Waals surface area (Å²) in [6.07, 6.45) is 4.79. The first kappa shape index (κ1) is 17.4. The minimum atomic E-state index is -0.119. The average molecular weight is 343 g/mol. The Balaban J connectivity index is 1.70. The molecule has 0 radical (unpaired) electrons. The van der Waals surface area contributed by atoms with Crippen LogP contribution in [0.4, 0.5) is 4.79 Å². The number of nitrogens with one attached hydrogen (secondary N) is 2. The van der Waals surface area contributed by atoms with Gasteiger partial charge in [-0.15, -0.1) is 0 Å². The first-order valence-corrected chi connectivity index (χ1v) is 9.13. The Hall–Kier alpha value is -0.910. The van der Waals surface area contributed by atoms with Gasteiger partial charge in [-0.3, -0.25) is 0 Å². The molecule has 1 saturated heterocycles. The topological polar surface area (TPSA) is 50.4 Å². The molecule has 0 aromatic heterocycles. The molecule has 2 rings (SSSR count). The Kier molecular flexibility index (Phi) is 6.86. The van der Waals surface area contributed by atoms with Crippen LogP contribution in [0.15, 0.2) is 24.3 Å². The molecule has 22 heavy (non-hydrogen) atoms. The number of hydrogen-bond donors (Lipinski definition) is 2. The van der Waals surface area contributed by atoms with E-state index in [1.54, 1.807) is 0 Å². The van der Waals surface area contributed by atoms with Crippen LogP contribution in [0, 0.1) is 0 Å². The van der Waals surface area contributed by atoms with Gasteiger partial charge >= 0.3 is 6.03 Å². The van der Waals surface area contributed by atoms with Gasteiger partial charge in [-0.1, -0.05) is 29.8 Å². The molecular weight excluding hydrogens is 320 g/mol. The lowest BCUT2D eigenvalue weighted by Gasteiger charge is -2.35. The highest BCUT2D eigenvalue weighted by molar-refractivity contribution is 8.00. The highest BCUT2D eigenvalue weighted by Gasteiger charge is 2.31. The minimum absolute atomic E-state index is 0.109. The smallest absolute Gasteiger partial charge is 0.314 e. The molecule has 1 heterocycles. The molecule has 0 atom stereocenters. The molecule has 1 aromatic rings. The van der Waals surface area contributed by atoms with Crippen molar-refractivity contribution in [2.45, 2.75) is 24.0 Å². The van der Waals surface area contributed by atoms with Crippen molar-refractivity contribution in [1.82, 2.24) is 10.6 Å². The largest absolute Gasteiger partial charge is 0.381 e. The Morgan fingerprint density at radius 1 is 1.32 bits per heavy atom. The van der Waals surface area contributed by atoms with Crippen LogP contribution in [-0.4, -0.2) is 43.3 Å². The summed E-state index contributed by atoms with van der Waals surface area (Å²) < 4.78 is 5.51. The molecule has 6 heteroatoms. The van der Waals surface area contributed by atoms with Crippen molar-refractivity contribution in [3.05, 3.63) is 34.9 Å². The molecule has 0 saturated carbocycles. The number of halogens is 1. The second-order valence-electron chi connectivity index (χ2n) is 5.45. The van der Waals surface area contributed by atoms with Crippen LogP contribution in [-0.2, 0) is 11.2 Å². The molecular formula is C16H23ClN2O2S. The molecule has 2 N–H and O–H groups in total. The molecule has 2 amide bonds. The summed E-state index contributed by atoms with van der Waals surface area (Å²) in [5.41, 5.74) is 1.05. The lowest BCUT2D eigenvalue weighted by Crippen LogP contribution is -2.47. The number of hydrogen-bond acceptors (Lipinski definition) is 3. The highest BCUT2D eigenvalue weighted by atomic mass is 35.5. The first-order valence-electron chi connectivity index (χ1n) is 7.53. The van der Waals surface area contributed by atoms with Gasteiger partial charge in [0.05, 0.1) is 0 Å². The second kappa shape index (κ2) is 8.65. The van der Waals surface area contributed by atoms with E-state index in [2.05, 4.69) is 16.9 Å². The second-order valence-corrected chi connectivity index (χ2v) is 7.13. The predicted molar refractivity (Wildman–Crippen MR) is 92.9 cm³/mol. The van der Waals surface area contributed by atoms with Crippen molar-refractivity contribution >= 4 is 29.4 Å². The van der Waals surface area contributed by atoms with Gasteiger partial charge in [0.2, 0.25) is 0 Å². The normalized spacial score (nSPS) is 17.0. The van der Waals surface area contributed by atoms with E-state index < -0.39 is 0 Å². The molecule has 1 aromatic carbocycles. The van der Waals surface area contributed by atoms with Crippen LogP contribution < -0.4 is 10.6 Å². The number of carbonyl (C=O) groups is 1. The summed E-state index contributed by atoms with van der Waals surface area (Å²) in [6.45, 7) is 2.80. The van der Waals surface area contributed by atoms with Crippen molar-refractivity contribution in [2.24, 2.45) is 0 Å². The third kappa shape index (κ3) is 5.07. The van der Waals surface area contributed by atoms with Crippen molar-refractivity contribution in [3.8, 4) is 0 Å². The molecule has 4 nitrogen and oxygen atoms in total. The van der Waals surface area contributed by atoms with Gasteiger partial charge in [-0.2, -0.15) is 11.8 Å². The van der Waals surface area contributed by atoms with Crippen LogP contribution in [0.25, 0.3) is 0 Å². The highest BCUT2D eigenvalue weighted by Crippen LogP contribution is 2.32. The van der Waals surface area contributed by atoms with Crippen molar-refractivity contribution in [3.63, 3.8) is 0 Å². The van der Waals surface area contributed by atoms with E-state index in [9.17, 15) is 4.79 Å². The fourth-order valence-corrected chi connectivity index (χ4v) is 3.53. The van der Waals surface area contributed by atoms with Crippen LogP contribution >= 0.6 is 23.4 Å². The molecule has 1 aliphatic rings. The van der Waals surface area contributed by atoms with Gasteiger partial charge in [-0.05, 0) is 37.1 Å². The lowest BCUT2D eigenvalue weighted by atomic mass is 9.99. The maximum Gasteiger partial charge on any atom is 0.314 e. The number of benzene rings is 1. The summed E-state index contributed by atoms with van der Waals surface area (Å²) in [5, 5.41) is 6.62. The predicted octanol–water partition coefficient (Wildman–Crippen LogP) is 3.09. The molecule has 0 spiro atoms. The molecule has 0 unspecified atom stereocenters. The van der Waals surface area contributed by atoms with Crippen LogP contribution in [0.3, 0.4) is 0 Å². The van der Waals surface area contributed by atoms with Crippen LogP contribution in [0.1, 0.15) is 18.4 Å². The van der Waals surface area contributed by atoms with Gasteiger partial charge in [0.15, 0.2) is 0 Å². The summed E-state index contributed by atoms with van der Waals surface area (Å²) >= 11 is 7.91. The zero-order valence-electron chi connectivity index (χ0n) is 12.9. The Morgan fingerprint density at radius 3 is 2.73 bits per heavy atom. The average Bonchev–Trinajstić information content (AvgIpc) is 2.56. The molecule has 0 bridgehead atoms. The zero-order valence-corrected chi connectivity index (χ0v) is 14.4. The number of thioether (sulfide) groups is 1. The number of carbonyl (C=O) groups excluding carboxylic acids is 1. The van der Waals surface area contributed by atoms with Gasteiger partial charge in [0.1, 0.15) is 0 Å². The number of ether oxygens (including phenoxy) is 1. The van der Waals surface area contributed by atoms with E-state index in [0.717, 1.165) is 43.1 Å². The summed E-state index contributed by atoms with van der Waals surface area (Å²) in [6, 6.07) is 7.58. The summed E-state index contributed by atoms with van der Waals surface area (Å²) in [4.78, 5) is 11.9. The van der Waals surface area contributed by atoms with Gasteiger partial charge < -0.3 is 15.4 Å². The molecule has 0 aliphatic carbocycles. The Labute approximate surface area is 141 Å². The standard InChI is InChI=1S/C16H23ClN2O2S/c1-22-16(7-10-21-11-8-16)12-19-15(20)18-9-6-13-4-2-3-5-14(13)17/h2-5H,6-12H2,1H3,(H2,18,19,20). The van der Waals surface area contributed by atoms with E-state index in [4.69, 9.17) is 16.3 Å². The number of rotatable bonds is 6. The van der Waals surface area contributed by atoms with E-state index in [0.29, 0.717) is 13.1 Å². The van der Waals surface area contributed by atoms with Crippen molar-refractivity contribution < 1.29 is 9.53 Å². The lowest BCUT2D eigenvalue weighted by molar-refractivity contribution is 0.0777. The molecule has 1 fully saturated rings. The molecule has 122 valence electrons. The van der Waals surface area contributed by atoms with Gasteiger partial charge in [0.25, 0.3) is 0 Å².